The molecule has 2 rings (SSSR count). The minimum atomic E-state index is 0.137. The topological polar surface area (TPSA) is 29.3 Å². The summed E-state index contributed by atoms with van der Waals surface area (Å²) in [7, 11) is 0. The molecule has 1 aliphatic heterocycles. The SMILES string of the molecule is CC1=CCN(CC(C)C(N)c2ccccc2)CC1. The summed E-state index contributed by atoms with van der Waals surface area (Å²) in [5, 5.41) is 0. The van der Waals surface area contributed by atoms with Gasteiger partial charge >= 0.3 is 0 Å². The molecule has 0 spiro atoms. The molecule has 98 valence electrons. The van der Waals surface area contributed by atoms with E-state index >= 15 is 0 Å². The highest BCUT2D eigenvalue weighted by molar-refractivity contribution is 5.19. The van der Waals surface area contributed by atoms with Crippen LogP contribution in [0.4, 0.5) is 0 Å². The fourth-order valence-corrected chi connectivity index (χ4v) is 2.50. The van der Waals surface area contributed by atoms with Crippen LogP contribution in [0, 0.1) is 5.92 Å². The molecule has 0 saturated heterocycles. The molecular weight excluding hydrogens is 220 g/mol. The highest BCUT2D eigenvalue weighted by atomic mass is 15.1. The van der Waals surface area contributed by atoms with Crippen molar-refractivity contribution in [1.82, 2.24) is 4.90 Å². The molecule has 0 aliphatic carbocycles. The summed E-state index contributed by atoms with van der Waals surface area (Å²) in [5.41, 5.74) is 9.10. The second kappa shape index (κ2) is 6.17. The fourth-order valence-electron chi connectivity index (χ4n) is 2.50. The molecule has 18 heavy (non-hydrogen) atoms. The normalized spacial score (nSPS) is 20.3. The van der Waals surface area contributed by atoms with Gasteiger partial charge in [0, 0.05) is 25.7 Å². The minimum absolute atomic E-state index is 0.137. The molecule has 2 unspecified atom stereocenters. The predicted octanol–water partition coefficient (Wildman–Crippen LogP) is 2.97. The molecule has 0 bridgehead atoms. The molecule has 1 aromatic carbocycles. The van der Waals surface area contributed by atoms with Gasteiger partial charge in [-0.05, 0) is 24.8 Å². The molecular formula is C16H24N2. The first-order chi connectivity index (χ1) is 8.66. The molecule has 1 aliphatic rings. The van der Waals surface area contributed by atoms with Crippen LogP contribution < -0.4 is 5.73 Å². The van der Waals surface area contributed by atoms with E-state index in [2.05, 4.69) is 49.1 Å². The Morgan fingerprint density at radius 3 is 2.61 bits per heavy atom. The number of nitrogens with two attached hydrogens (primary N) is 1. The zero-order chi connectivity index (χ0) is 13.0. The van der Waals surface area contributed by atoms with Crippen molar-refractivity contribution in [2.45, 2.75) is 26.3 Å². The monoisotopic (exact) mass is 244 g/mol. The molecule has 2 heteroatoms. The van der Waals surface area contributed by atoms with E-state index in [-0.39, 0.29) is 6.04 Å². The second-order valence-corrected chi connectivity index (χ2v) is 5.47. The first kappa shape index (κ1) is 13.3. The van der Waals surface area contributed by atoms with Crippen molar-refractivity contribution in [3.8, 4) is 0 Å². The first-order valence-electron chi connectivity index (χ1n) is 6.85. The van der Waals surface area contributed by atoms with Crippen molar-refractivity contribution in [1.29, 1.82) is 0 Å². The van der Waals surface area contributed by atoms with E-state index < -0.39 is 0 Å². The van der Waals surface area contributed by atoms with Crippen LogP contribution in [-0.4, -0.2) is 24.5 Å². The lowest BCUT2D eigenvalue weighted by Gasteiger charge is -2.30. The van der Waals surface area contributed by atoms with Crippen molar-refractivity contribution in [3.63, 3.8) is 0 Å². The molecule has 1 heterocycles. The molecule has 0 saturated carbocycles. The standard InChI is InChI=1S/C16H24N2/c1-13-8-10-18(11-9-13)12-14(2)16(17)15-6-4-3-5-7-15/h3-8,14,16H,9-12,17H2,1-2H3. The molecule has 2 nitrogen and oxygen atoms in total. The van der Waals surface area contributed by atoms with Crippen LogP contribution >= 0.6 is 0 Å². The fraction of sp³-hybridized carbons (Fsp3) is 0.500. The van der Waals surface area contributed by atoms with Crippen LogP contribution in [-0.2, 0) is 0 Å². The summed E-state index contributed by atoms with van der Waals surface area (Å²) in [6.45, 7) is 7.81. The third-order valence-electron chi connectivity index (χ3n) is 3.86. The number of benzene rings is 1. The summed E-state index contributed by atoms with van der Waals surface area (Å²) in [4.78, 5) is 2.50. The van der Waals surface area contributed by atoms with E-state index in [9.17, 15) is 0 Å². The van der Waals surface area contributed by atoms with Crippen molar-refractivity contribution < 1.29 is 0 Å². The highest BCUT2D eigenvalue weighted by Gasteiger charge is 2.18. The van der Waals surface area contributed by atoms with Gasteiger partial charge in [-0.15, -0.1) is 0 Å². The van der Waals surface area contributed by atoms with Gasteiger partial charge in [0.1, 0.15) is 0 Å². The van der Waals surface area contributed by atoms with Gasteiger partial charge in [-0.1, -0.05) is 48.9 Å². The van der Waals surface area contributed by atoms with Gasteiger partial charge in [0.2, 0.25) is 0 Å². The summed E-state index contributed by atoms with van der Waals surface area (Å²) in [6, 6.07) is 10.6. The first-order valence-corrected chi connectivity index (χ1v) is 6.85. The van der Waals surface area contributed by atoms with E-state index in [1.54, 1.807) is 0 Å². The van der Waals surface area contributed by atoms with E-state index in [0.717, 1.165) is 13.1 Å². The Bertz CT molecular complexity index is 397. The summed E-state index contributed by atoms with van der Waals surface area (Å²) in [5.74, 6) is 0.485. The number of nitrogens with zero attached hydrogens (tertiary/aromatic N) is 1. The maximum absolute atomic E-state index is 6.34. The third-order valence-corrected chi connectivity index (χ3v) is 3.86. The van der Waals surface area contributed by atoms with Gasteiger partial charge in [0.05, 0.1) is 0 Å². The van der Waals surface area contributed by atoms with E-state index in [1.165, 1.54) is 24.1 Å². The second-order valence-electron chi connectivity index (χ2n) is 5.47. The number of rotatable bonds is 4. The average Bonchev–Trinajstić information content (AvgIpc) is 2.41. The van der Waals surface area contributed by atoms with Gasteiger partial charge in [0.25, 0.3) is 0 Å². The number of hydrogen-bond donors (Lipinski definition) is 1. The zero-order valence-electron chi connectivity index (χ0n) is 11.5. The van der Waals surface area contributed by atoms with Crippen molar-refractivity contribution in [2.24, 2.45) is 11.7 Å². The van der Waals surface area contributed by atoms with Gasteiger partial charge in [-0.2, -0.15) is 0 Å². The molecule has 0 amide bonds. The molecule has 0 aromatic heterocycles. The summed E-state index contributed by atoms with van der Waals surface area (Å²) in [6.07, 6.45) is 3.54. The molecule has 0 radical (unpaired) electrons. The van der Waals surface area contributed by atoms with Crippen LogP contribution in [0.15, 0.2) is 42.0 Å². The molecule has 1 aromatic rings. The minimum Gasteiger partial charge on any atom is -0.324 e. The largest absolute Gasteiger partial charge is 0.324 e. The Labute approximate surface area is 110 Å². The Morgan fingerprint density at radius 2 is 2.00 bits per heavy atom. The number of hydrogen-bond acceptors (Lipinski definition) is 2. The molecule has 0 fully saturated rings. The summed E-state index contributed by atoms with van der Waals surface area (Å²) < 4.78 is 0. The Hall–Kier alpha value is -1.12. The van der Waals surface area contributed by atoms with E-state index in [0.29, 0.717) is 5.92 Å². The van der Waals surface area contributed by atoms with Crippen molar-refractivity contribution in [2.75, 3.05) is 19.6 Å². The Kier molecular flexibility index (Phi) is 4.56. The lowest BCUT2D eigenvalue weighted by Crippen LogP contribution is -2.36. The van der Waals surface area contributed by atoms with E-state index in [4.69, 9.17) is 5.73 Å². The van der Waals surface area contributed by atoms with Crippen LogP contribution in [0.2, 0.25) is 0 Å². The summed E-state index contributed by atoms with van der Waals surface area (Å²) >= 11 is 0. The van der Waals surface area contributed by atoms with Crippen LogP contribution in [0.1, 0.15) is 31.9 Å². The van der Waals surface area contributed by atoms with E-state index in [1.807, 2.05) is 6.07 Å². The van der Waals surface area contributed by atoms with Crippen molar-refractivity contribution >= 4 is 0 Å². The Morgan fingerprint density at radius 1 is 1.28 bits per heavy atom. The third kappa shape index (κ3) is 3.44. The maximum atomic E-state index is 6.34. The van der Waals surface area contributed by atoms with Crippen LogP contribution in [0.3, 0.4) is 0 Å². The van der Waals surface area contributed by atoms with Gasteiger partial charge in [-0.25, -0.2) is 0 Å². The zero-order valence-corrected chi connectivity index (χ0v) is 11.5. The van der Waals surface area contributed by atoms with Crippen molar-refractivity contribution in [3.05, 3.63) is 47.5 Å². The predicted molar refractivity (Wildman–Crippen MR) is 77.3 cm³/mol. The lowest BCUT2D eigenvalue weighted by molar-refractivity contribution is 0.236. The lowest BCUT2D eigenvalue weighted by atomic mass is 9.94. The average molecular weight is 244 g/mol. The highest BCUT2D eigenvalue weighted by Crippen LogP contribution is 2.21. The van der Waals surface area contributed by atoms with Gasteiger partial charge in [0.15, 0.2) is 0 Å². The van der Waals surface area contributed by atoms with Gasteiger partial charge < -0.3 is 5.73 Å². The quantitative estimate of drug-likeness (QED) is 0.825. The molecule has 2 atom stereocenters. The van der Waals surface area contributed by atoms with Crippen LogP contribution in [0.5, 0.6) is 0 Å². The molecule has 2 N–H and O–H groups in total. The van der Waals surface area contributed by atoms with Crippen LogP contribution in [0.25, 0.3) is 0 Å². The van der Waals surface area contributed by atoms with Gasteiger partial charge in [-0.3, -0.25) is 4.90 Å². The Balaban J connectivity index is 1.90. The smallest absolute Gasteiger partial charge is 0.0333 e. The maximum Gasteiger partial charge on any atom is 0.0333 e.